The van der Waals surface area contributed by atoms with Crippen molar-refractivity contribution in [3.05, 3.63) is 11.6 Å². The Kier molecular flexibility index (Phi) is 3.11. The predicted octanol–water partition coefficient (Wildman–Crippen LogP) is 3.67. The first-order valence-corrected chi connectivity index (χ1v) is 9.02. The molecule has 0 aromatic heterocycles. The van der Waals surface area contributed by atoms with Crippen molar-refractivity contribution in [3.8, 4) is 0 Å². The lowest BCUT2D eigenvalue weighted by Crippen LogP contribution is -2.51. The van der Waals surface area contributed by atoms with Gasteiger partial charge in [-0.1, -0.05) is 18.6 Å². The molecule has 0 aliphatic heterocycles. The SMILES string of the molecule is C[C@]1(O)CC[C@H]2[C@@H]3CC=C4C[C@@H](O)CC[C@@H]4[C@H]3CC[C@@]21C. The van der Waals surface area contributed by atoms with Gasteiger partial charge in [0.05, 0.1) is 11.7 Å². The van der Waals surface area contributed by atoms with E-state index in [1.807, 2.05) is 0 Å². The molecule has 0 radical (unpaired) electrons. The van der Waals surface area contributed by atoms with Crippen molar-refractivity contribution < 1.29 is 10.2 Å². The van der Waals surface area contributed by atoms with Gasteiger partial charge in [-0.05, 0) is 87.4 Å². The third kappa shape index (κ3) is 1.91. The van der Waals surface area contributed by atoms with Crippen LogP contribution in [0.25, 0.3) is 0 Å². The van der Waals surface area contributed by atoms with Crippen molar-refractivity contribution in [1.29, 1.82) is 0 Å². The van der Waals surface area contributed by atoms with Gasteiger partial charge in [-0.3, -0.25) is 0 Å². The van der Waals surface area contributed by atoms with Crippen molar-refractivity contribution in [3.63, 3.8) is 0 Å². The number of aliphatic hydroxyl groups is 2. The number of hydrogen-bond acceptors (Lipinski definition) is 2. The second-order valence-corrected chi connectivity index (χ2v) is 8.76. The molecule has 0 amide bonds. The molecule has 2 nitrogen and oxygen atoms in total. The van der Waals surface area contributed by atoms with Crippen molar-refractivity contribution in [2.24, 2.45) is 29.1 Å². The number of hydrogen-bond donors (Lipinski definition) is 2. The van der Waals surface area contributed by atoms with E-state index in [0.717, 1.165) is 37.0 Å². The summed E-state index contributed by atoms with van der Waals surface area (Å²) in [7, 11) is 0. The smallest absolute Gasteiger partial charge is 0.0675 e. The Labute approximate surface area is 128 Å². The largest absolute Gasteiger partial charge is 0.393 e. The lowest BCUT2D eigenvalue weighted by molar-refractivity contribution is -0.104. The molecule has 0 aromatic rings. The van der Waals surface area contributed by atoms with Crippen LogP contribution in [-0.2, 0) is 0 Å². The first kappa shape index (κ1) is 14.3. The van der Waals surface area contributed by atoms with Gasteiger partial charge < -0.3 is 10.2 Å². The first-order valence-electron chi connectivity index (χ1n) is 9.02. The molecule has 118 valence electrons. The van der Waals surface area contributed by atoms with Crippen molar-refractivity contribution in [2.45, 2.75) is 76.9 Å². The molecule has 0 saturated heterocycles. The van der Waals surface area contributed by atoms with Crippen LogP contribution in [0, 0.1) is 29.1 Å². The highest BCUT2D eigenvalue weighted by molar-refractivity contribution is 5.21. The monoisotopic (exact) mass is 290 g/mol. The maximum absolute atomic E-state index is 10.9. The summed E-state index contributed by atoms with van der Waals surface area (Å²) in [5.41, 5.74) is 1.23. The van der Waals surface area contributed by atoms with E-state index >= 15 is 0 Å². The van der Waals surface area contributed by atoms with Crippen LogP contribution in [0.3, 0.4) is 0 Å². The van der Waals surface area contributed by atoms with Crippen molar-refractivity contribution in [1.82, 2.24) is 0 Å². The summed E-state index contributed by atoms with van der Waals surface area (Å²) in [4.78, 5) is 0. The highest BCUT2D eigenvalue weighted by atomic mass is 16.3. The summed E-state index contributed by atoms with van der Waals surface area (Å²) in [5, 5.41) is 20.8. The number of rotatable bonds is 0. The Hall–Kier alpha value is -0.340. The Morgan fingerprint density at radius 1 is 1.05 bits per heavy atom. The summed E-state index contributed by atoms with van der Waals surface area (Å²) >= 11 is 0. The Morgan fingerprint density at radius 2 is 1.86 bits per heavy atom. The fraction of sp³-hybridized carbons (Fsp3) is 0.895. The van der Waals surface area contributed by atoms with Gasteiger partial charge in [0.2, 0.25) is 0 Å². The van der Waals surface area contributed by atoms with E-state index in [4.69, 9.17) is 0 Å². The van der Waals surface area contributed by atoms with Gasteiger partial charge in [0, 0.05) is 0 Å². The molecule has 3 saturated carbocycles. The zero-order chi connectivity index (χ0) is 14.8. The minimum absolute atomic E-state index is 0.0925. The summed E-state index contributed by atoms with van der Waals surface area (Å²) < 4.78 is 0. The van der Waals surface area contributed by atoms with E-state index < -0.39 is 5.60 Å². The highest BCUT2D eigenvalue weighted by Crippen LogP contribution is 2.64. The molecular weight excluding hydrogens is 260 g/mol. The first-order chi connectivity index (χ1) is 9.92. The highest BCUT2D eigenvalue weighted by Gasteiger charge is 2.60. The van der Waals surface area contributed by atoms with Gasteiger partial charge in [0.25, 0.3) is 0 Å². The van der Waals surface area contributed by atoms with E-state index in [1.165, 1.54) is 32.1 Å². The number of allylic oxidation sites excluding steroid dienone is 1. The summed E-state index contributed by atoms with van der Waals surface area (Å²) in [5.74, 6) is 3.05. The second kappa shape index (κ2) is 4.58. The van der Waals surface area contributed by atoms with Gasteiger partial charge in [0.1, 0.15) is 0 Å². The molecule has 0 bridgehead atoms. The van der Waals surface area contributed by atoms with Crippen molar-refractivity contribution >= 4 is 0 Å². The Morgan fingerprint density at radius 3 is 2.67 bits per heavy atom. The summed E-state index contributed by atoms with van der Waals surface area (Å²) in [6.45, 7) is 4.43. The molecule has 0 heterocycles. The minimum atomic E-state index is -0.463. The molecule has 4 aliphatic rings. The zero-order valence-electron chi connectivity index (χ0n) is 13.5. The molecule has 0 unspecified atom stereocenters. The van der Waals surface area contributed by atoms with E-state index in [-0.39, 0.29) is 11.5 Å². The number of aliphatic hydroxyl groups excluding tert-OH is 1. The number of fused-ring (bicyclic) bond motifs is 5. The molecule has 3 fully saturated rings. The summed E-state index contributed by atoms with van der Waals surface area (Å²) in [6.07, 6.45) is 11.3. The fourth-order valence-corrected chi connectivity index (χ4v) is 6.49. The van der Waals surface area contributed by atoms with Crippen LogP contribution in [0.15, 0.2) is 11.6 Å². The molecule has 4 aliphatic carbocycles. The van der Waals surface area contributed by atoms with Gasteiger partial charge in [-0.15, -0.1) is 0 Å². The van der Waals surface area contributed by atoms with Crippen LogP contribution in [0.4, 0.5) is 0 Å². The van der Waals surface area contributed by atoms with E-state index in [9.17, 15) is 10.2 Å². The third-order valence-electron chi connectivity index (χ3n) is 7.98. The lowest BCUT2D eigenvalue weighted by atomic mass is 9.51. The lowest BCUT2D eigenvalue weighted by Gasteiger charge is -2.54. The van der Waals surface area contributed by atoms with Crippen LogP contribution in [0.1, 0.15) is 65.2 Å². The molecule has 0 aromatic carbocycles. The van der Waals surface area contributed by atoms with Crippen LogP contribution < -0.4 is 0 Å². The van der Waals surface area contributed by atoms with Crippen LogP contribution in [-0.4, -0.2) is 21.9 Å². The quantitative estimate of drug-likeness (QED) is 0.668. The molecule has 0 spiro atoms. The maximum atomic E-state index is 10.9. The molecule has 4 rings (SSSR count). The van der Waals surface area contributed by atoms with Crippen LogP contribution in [0.5, 0.6) is 0 Å². The van der Waals surface area contributed by atoms with Gasteiger partial charge in [0.15, 0.2) is 0 Å². The van der Waals surface area contributed by atoms with Gasteiger partial charge >= 0.3 is 0 Å². The topological polar surface area (TPSA) is 40.5 Å². The molecule has 21 heavy (non-hydrogen) atoms. The van der Waals surface area contributed by atoms with Gasteiger partial charge in [-0.25, -0.2) is 0 Å². The van der Waals surface area contributed by atoms with E-state index in [1.54, 1.807) is 5.57 Å². The average molecular weight is 290 g/mol. The molecule has 2 heteroatoms. The average Bonchev–Trinajstić information content (AvgIpc) is 2.69. The standard InChI is InChI=1S/C19H30O2/c1-18-9-7-15-14-6-4-13(20)11-12(14)3-5-16(15)17(18)8-10-19(18,2)21/h3,13-17,20-21H,4-11H2,1-2H3/t13-,14-,15+,16+,17-,18-,19-/m0/s1. The summed E-state index contributed by atoms with van der Waals surface area (Å²) in [6, 6.07) is 0. The van der Waals surface area contributed by atoms with Crippen molar-refractivity contribution in [2.75, 3.05) is 0 Å². The fourth-order valence-electron chi connectivity index (χ4n) is 6.49. The Balaban J connectivity index is 1.63. The molecular formula is C19H30O2. The predicted molar refractivity (Wildman–Crippen MR) is 83.7 cm³/mol. The van der Waals surface area contributed by atoms with Gasteiger partial charge in [-0.2, -0.15) is 0 Å². The maximum Gasteiger partial charge on any atom is 0.0675 e. The van der Waals surface area contributed by atoms with Crippen LogP contribution in [0.2, 0.25) is 0 Å². The molecule has 7 atom stereocenters. The zero-order valence-corrected chi connectivity index (χ0v) is 13.5. The normalized spacial score (nSPS) is 56.2. The molecule has 2 N–H and O–H groups in total. The van der Waals surface area contributed by atoms with E-state index in [2.05, 4.69) is 19.9 Å². The third-order valence-corrected chi connectivity index (χ3v) is 7.98. The van der Waals surface area contributed by atoms with Crippen LogP contribution >= 0.6 is 0 Å². The Bertz CT molecular complexity index is 466. The second-order valence-electron chi connectivity index (χ2n) is 8.76. The van der Waals surface area contributed by atoms with E-state index in [0.29, 0.717) is 5.92 Å². The minimum Gasteiger partial charge on any atom is -0.393 e.